The van der Waals surface area contributed by atoms with Crippen molar-refractivity contribution in [1.29, 1.82) is 0 Å². The van der Waals surface area contributed by atoms with E-state index in [2.05, 4.69) is 55.7 Å². The van der Waals surface area contributed by atoms with Crippen LogP contribution in [-0.4, -0.2) is 33.4 Å². The van der Waals surface area contributed by atoms with E-state index in [1.165, 1.54) is 5.56 Å². The summed E-state index contributed by atoms with van der Waals surface area (Å²) in [6, 6.07) is 14.6. The summed E-state index contributed by atoms with van der Waals surface area (Å²) in [5.74, 6) is 2.14. The van der Waals surface area contributed by atoms with Crippen molar-refractivity contribution < 1.29 is 14.2 Å². The minimum absolute atomic E-state index is 0.0704. The zero-order valence-corrected chi connectivity index (χ0v) is 17.3. The van der Waals surface area contributed by atoms with Crippen LogP contribution in [0.2, 0.25) is 0 Å². The summed E-state index contributed by atoms with van der Waals surface area (Å²) in [5.41, 5.74) is 2.24. The van der Waals surface area contributed by atoms with E-state index in [0.717, 1.165) is 17.9 Å². The van der Waals surface area contributed by atoms with E-state index in [4.69, 9.17) is 14.2 Å². The molecule has 0 saturated heterocycles. The standard InChI is InChI=1S/C22H32N2O3/c1-16(17-10-8-7-9-11-17)24-22(2,3)15-23-14-18-12-20(26-5)21(27-6)13-19(18)25-4/h7-13,16,23-24H,14-15H2,1-6H3. The van der Waals surface area contributed by atoms with Crippen molar-refractivity contribution in [3.05, 3.63) is 53.6 Å². The Morgan fingerprint density at radius 2 is 1.48 bits per heavy atom. The first-order valence-corrected chi connectivity index (χ1v) is 9.22. The van der Waals surface area contributed by atoms with Gasteiger partial charge in [0, 0.05) is 36.3 Å². The fraction of sp³-hybridized carbons (Fsp3) is 0.455. The average Bonchev–Trinajstić information content (AvgIpc) is 2.67. The van der Waals surface area contributed by atoms with Crippen molar-refractivity contribution in [1.82, 2.24) is 10.6 Å². The Morgan fingerprint density at radius 1 is 0.889 bits per heavy atom. The van der Waals surface area contributed by atoms with Crippen LogP contribution in [0.4, 0.5) is 0 Å². The Morgan fingerprint density at radius 3 is 2.07 bits per heavy atom. The maximum absolute atomic E-state index is 5.50. The van der Waals surface area contributed by atoms with Crippen LogP contribution in [0.5, 0.6) is 17.2 Å². The first kappa shape index (κ1) is 21.1. The van der Waals surface area contributed by atoms with Gasteiger partial charge in [0.2, 0.25) is 0 Å². The summed E-state index contributed by atoms with van der Waals surface area (Å²) in [4.78, 5) is 0. The molecule has 0 aliphatic carbocycles. The van der Waals surface area contributed by atoms with Crippen molar-refractivity contribution in [3.63, 3.8) is 0 Å². The minimum Gasteiger partial charge on any atom is -0.496 e. The summed E-state index contributed by atoms with van der Waals surface area (Å²) in [6.07, 6.45) is 0. The van der Waals surface area contributed by atoms with Crippen LogP contribution in [0.3, 0.4) is 0 Å². The molecule has 0 saturated carbocycles. The molecule has 2 N–H and O–H groups in total. The van der Waals surface area contributed by atoms with Gasteiger partial charge >= 0.3 is 0 Å². The average molecular weight is 373 g/mol. The molecule has 2 aromatic rings. The van der Waals surface area contributed by atoms with Gasteiger partial charge < -0.3 is 24.8 Å². The van der Waals surface area contributed by atoms with Crippen LogP contribution in [0, 0.1) is 0 Å². The van der Waals surface area contributed by atoms with Gasteiger partial charge in [-0.15, -0.1) is 0 Å². The Bertz CT molecular complexity index is 717. The summed E-state index contributed by atoms with van der Waals surface area (Å²) in [5, 5.41) is 7.21. The van der Waals surface area contributed by atoms with Gasteiger partial charge in [0.15, 0.2) is 11.5 Å². The summed E-state index contributed by atoms with van der Waals surface area (Å²) in [6.45, 7) is 8.07. The number of rotatable bonds is 10. The molecule has 5 heteroatoms. The molecule has 0 amide bonds. The molecule has 1 atom stereocenters. The fourth-order valence-electron chi connectivity index (χ4n) is 3.20. The number of hydrogen-bond donors (Lipinski definition) is 2. The monoisotopic (exact) mass is 372 g/mol. The topological polar surface area (TPSA) is 51.8 Å². The lowest BCUT2D eigenvalue weighted by Gasteiger charge is -2.31. The third-order valence-corrected chi connectivity index (χ3v) is 4.58. The Balaban J connectivity index is 1.98. The molecule has 0 aliphatic rings. The zero-order chi connectivity index (χ0) is 19.9. The predicted molar refractivity (Wildman–Crippen MR) is 110 cm³/mol. The lowest BCUT2D eigenvalue weighted by molar-refractivity contribution is 0.327. The molecule has 2 aromatic carbocycles. The summed E-state index contributed by atoms with van der Waals surface area (Å²) < 4.78 is 16.2. The molecule has 0 aliphatic heterocycles. The van der Waals surface area contributed by atoms with Gasteiger partial charge in [0.25, 0.3) is 0 Å². The van der Waals surface area contributed by atoms with Crippen LogP contribution >= 0.6 is 0 Å². The van der Waals surface area contributed by atoms with Gasteiger partial charge in [-0.05, 0) is 32.4 Å². The minimum atomic E-state index is -0.0704. The van der Waals surface area contributed by atoms with E-state index in [1.54, 1.807) is 21.3 Å². The first-order chi connectivity index (χ1) is 12.9. The molecule has 1 unspecified atom stereocenters. The maximum atomic E-state index is 5.50. The second-order valence-electron chi connectivity index (χ2n) is 7.28. The Labute approximate surface area is 163 Å². The highest BCUT2D eigenvalue weighted by molar-refractivity contribution is 5.50. The van der Waals surface area contributed by atoms with Crippen LogP contribution in [0.25, 0.3) is 0 Å². The van der Waals surface area contributed by atoms with Crippen molar-refractivity contribution >= 4 is 0 Å². The quantitative estimate of drug-likeness (QED) is 0.662. The molecule has 0 radical (unpaired) electrons. The van der Waals surface area contributed by atoms with Crippen molar-refractivity contribution in [3.8, 4) is 17.2 Å². The molecule has 0 spiro atoms. The smallest absolute Gasteiger partial charge is 0.164 e. The number of benzene rings is 2. The highest BCUT2D eigenvalue weighted by atomic mass is 16.5. The van der Waals surface area contributed by atoms with Gasteiger partial charge in [-0.25, -0.2) is 0 Å². The number of nitrogens with one attached hydrogen (secondary N) is 2. The molecule has 0 aromatic heterocycles. The molecule has 0 heterocycles. The molecule has 148 valence electrons. The number of methoxy groups -OCH3 is 3. The van der Waals surface area contributed by atoms with Crippen molar-refractivity contribution in [2.75, 3.05) is 27.9 Å². The molecule has 5 nitrogen and oxygen atoms in total. The van der Waals surface area contributed by atoms with E-state index in [9.17, 15) is 0 Å². The third kappa shape index (κ3) is 5.88. The van der Waals surface area contributed by atoms with Gasteiger partial charge in [0.1, 0.15) is 5.75 Å². The predicted octanol–water partition coefficient (Wildman–Crippen LogP) is 3.93. The molecule has 27 heavy (non-hydrogen) atoms. The molecular weight excluding hydrogens is 340 g/mol. The van der Waals surface area contributed by atoms with E-state index in [1.807, 2.05) is 18.2 Å². The zero-order valence-electron chi connectivity index (χ0n) is 17.3. The van der Waals surface area contributed by atoms with Crippen molar-refractivity contribution in [2.24, 2.45) is 0 Å². The van der Waals surface area contributed by atoms with Gasteiger partial charge in [-0.1, -0.05) is 30.3 Å². The van der Waals surface area contributed by atoms with Crippen LogP contribution < -0.4 is 24.8 Å². The highest BCUT2D eigenvalue weighted by Crippen LogP contribution is 2.34. The largest absolute Gasteiger partial charge is 0.496 e. The van der Waals surface area contributed by atoms with Crippen LogP contribution in [0.1, 0.15) is 37.9 Å². The Kier molecular flexibility index (Phi) is 7.51. The normalized spacial score (nSPS) is 12.5. The molecular formula is C22H32N2O3. The SMILES string of the molecule is COc1cc(OC)c(OC)cc1CNCC(C)(C)NC(C)c1ccccc1. The summed E-state index contributed by atoms with van der Waals surface area (Å²) in [7, 11) is 4.93. The van der Waals surface area contributed by atoms with Gasteiger partial charge in [-0.2, -0.15) is 0 Å². The molecule has 0 bridgehead atoms. The highest BCUT2D eigenvalue weighted by Gasteiger charge is 2.21. The number of ether oxygens (including phenoxy) is 3. The molecule has 0 fully saturated rings. The Hall–Kier alpha value is -2.24. The third-order valence-electron chi connectivity index (χ3n) is 4.58. The van der Waals surface area contributed by atoms with E-state index < -0.39 is 0 Å². The van der Waals surface area contributed by atoms with Gasteiger partial charge in [-0.3, -0.25) is 0 Å². The maximum Gasteiger partial charge on any atom is 0.164 e. The van der Waals surface area contributed by atoms with E-state index >= 15 is 0 Å². The molecule has 2 rings (SSSR count). The van der Waals surface area contributed by atoms with Crippen LogP contribution in [-0.2, 0) is 6.54 Å². The lowest BCUT2D eigenvalue weighted by atomic mass is 10.0. The van der Waals surface area contributed by atoms with Crippen LogP contribution in [0.15, 0.2) is 42.5 Å². The second kappa shape index (κ2) is 9.62. The lowest BCUT2D eigenvalue weighted by Crippen LogP contribution is -2.48. The van der Waals surface area contributed by atoms with Crippen molar-refractivity contribution in [2.45, 2.75) is 38.9 Å². The second-order valence-corrected chi connectivity index (χ2v) is 7.28. The van der Waals surface area contributed by atoms with Gasteiger partial charge in [0.05, 0.1) is 21.3 Å². The summed E-state index contributed by atoms with van der Waals surface area (Å²) >= 11 is 0. The first-order valence-electron chi connectivity index (χ1n) is 9.22. The van der Waals surface area contributed by atoms with E-state index in [-0.39, 0.29) is 11.6 Å². The van der Waals surface area contributed by atoms with E-state index in [0.29, 0.717) is 18.0 Å². The number of hydrogen-bond acceptors (Lipinski definition) is 5. The fourth-order valence-corrected chi connectivity index (χ4v) is 3.20.